The largest absolute Gasteiger partial charge is 0.316 e. The summed E-state index contributed by atoms with van der Waals surface area (Å²) in [6, 6.07) is 6.60. The molecule has 0 bridgehead atoms. The number of benzene rings is 1. The Labute approximate surface area is 115 Å². The molecule has 0 atom stereocenters. The van der Waals surface area contributed by atoms with E-state index < -0.39 is 0 Å². The molecular formula is C16H23N3. The minimum Gasteiger partial charge on any atom is -0.316 e. The van der Waals surface area contributed by atoms with Gasteiger partial charge in [-0.25, -0.2) is 0 Å². The van der Waals surface area contributed by atoms with Crippen molar-refractivity contribution in [3.05, 3.63) is 51.8 Å². The van der Waals surface area contributed by atoms with Gasteiger partial charge in [-0.3, -0.25) is 4.68 Å². The SMILES string of the molecule is CNCc1c(C)nn(Cc2cc(C)ccc2C)c1C. The highest BCUT2D eigenvalue weighted by Gasteiger charge is 2.11. The lowest BCUT2D eigenvalue weighted by Crippen LogP contribution is -2.09. The van der Waals surface area contributed by atoms with Gasteiger partial charge in [-0.2, -0.15) is 5.10 Å². The van der Waals surface area contributed by atoms with Crippen LogP contribution in [0.5, 0.6) is 0 Å². The van der Waals surface area contributed by atoms with E-state index in [1.807, 2.05) is 7.05 Å². The summed E-state index contributed by atoms with van der Waals surface area (Å²) in [4.78, 5) is 0. The molecule has 0 aliphatic heterocycles. The first kappa shape index (κ1) is 13.8. The van der Waals surface area contributed by atoms with Crippen LogP contribution in [0.3, 0.4) is 0 Å². The molecule has 0 unspecified atom stereocenters. The molecule has 1 aromatic carbocycles. The molecule has 3 nitrogen and oxygen atoms in total. The lowest BCUT2D eigenvalue weighted by atomic mass is 10.1. The lowest BCUT2D eigenvalue weighted by molar-refractivity contribution is 0.654. The number of aromatic nitrogens is 2. The van der Waals surface area contributed by atoms with Crippen molar-refractivity contribution in [1.82, 2.24) is 15.1 Å². The zero-order chi connectivity index (χ0) is 14.0. The Morgan fingerprint density at radius 3 is 2.58 bits per heavy atom. The van der Waals surface area contributed by atoms with Gasteiger partial charge in [-0.15, -0.1) is 0 Å². The summed E-state index contributed by atoms with van der Waals surface area (Å²) in [6.07, 6.45) is 0. The maximum Gasteiger partial charge on any atom is 0.0665 e. The third-order valence-electron chi connectivity index (χ3n) is 3.71. The van der Waals surface area contributed by atoms with Crippen LogP contribution >= 0.6 is 0 Å². The third kappa shape index (κ3) is 2.87. The van der Waals surface area contributed by atoms with Gasteiger partial charge in [-0.1, -0.05) is 23.8 Å². The molecular weight excluding hydrogens is 234 g/mol. The molecule has 2 rings (SSSR count). The fourth-order valence-corrected chi connectivity index (χ4v) is 2.45. The Balaban J connectivity index is 2.33. The van der Waals surface area contributed by atoms with Gasteiger partial charge in [0.05, 0.1) is 12.2 Å². The second kappa shape index (κ2) is 5.57. The van der Waals surface area contributed by atoms with Crippen molar-refractivity contribution < 1.29 is 0 Å². The van der Waals surface area contributed by atoms with Crippen molar-refractivity contribution in [2.24, 2.45) is 0 Å². The number of hydrogen-bond donors (Lipinski definition) is 1. The van der Waals surface area contributed by atoms with Crippen LogP contribution in [0.4, 0.5) is 0 Å². The van der Waals surface area contributed by atoms with E-state index in [0.29, 0.717) is 0 Å². The number of nitrogens with zero attached hydrogens (tertiary/aromatic N) is 2. The Hall–Kier alpha value is -1.61. The molecule has 0 amide bonds. The van der Waals surface area contributed by atoms with Crippen LogP contribution in [-0.2, 0) is 13.1 Å². The quantitative estimate of drug-likeness (QED) is 0.912. The van der Waals surface area contributed by atoms with Crippen LogP contribution < -0.4 is 5.32 Å². The molecule has 2 aromatic rings. The monoisotopic (exact) mass is 257 g/mol. The molecule has 0 saturated heterocycles. The fraction of sp³-hybridized carbons (Fsp3) is 0.438. The standard InChI is InChI=1S/C16H23N3/c1-11-6-7-12(2)15(8-11)10-19-14(4)16(9-17-5)13(3)18-19/h6-8,17H,9-10H2,1-5H3. The van der Waals surface area contributed by atoms with Gasteiger partial charge in [0, 0.05) is 17.8 Å². The zero-order valence-electron chi connectivity index (χ0n) is 12.5. The molecule has 1 N–H and O–H groups in total. The van der Waals surface area contributed by atoms with Gasteiger partial charge < -0.3 is 5.32 Å². The molecule has 0 fully saturated rings. The zero-order valence-corrected chi connectivity index (χ0v) is 12.5. The number of rotatable bonds is 4. The van der Waals surface area contributed by atoms with Crippen LogP contribution in [0, 0.1) is 27.7 Å². The Kier molecular flexibility index (Phi) is 4.05. The van der Waals surface area contributed by atoms with Gasteiger partial charge in [0.1, 0.15) is 0 Å². The number of aryl methyl sites for hydroxylation is 3. The Morgan fingerprint density at radius 1 is 1.16 bits per heavy atom. The van der Waals surface area contributed by atoms with Crippen molar-refractivity contribution in [3.8, 4) is 0 Å². The predicted octanol–water partition coefficient (Wildman–Crippen LogP) is 2.88. The summed E-state index contributed by atoms with van der Waals surface area (Å²) in [5.41, 5.74) is 7.67. The van der Waals surface area contributed by atoms with Crippen molar-refractivity contribution in [1.29, 1.82) is 0 Å². The van der Waals surface area contributed by atoms with Gasteiger partial charge in [0.15, 0.2) is 0 Å². The van der Waals surface area contributed by atoms with E-state index >= 15 is 0 Å². The normalized spacial score (nSPS) is 11.0. The van der Waals surface area contributed by atoms with Crippen molar-refractivity contribution in [2.75, 3.05) is 7.05 Å². The van der Waals surface area contributed by atoms with Crippen LogP contribution in [-0.4, -0.2) is 16.8 Å². The molecule has 1 heterocycles. The topological polar surface area (TPSA) is 29.9 Å². The maximum absolute atomic E-state index is 4.67. The first-order valence-corrected chi connectivity index (χ1v) is 6.76. The Bertz CT molecular complexity index is 582. The van der Waals surface area contributed by atoms with E-state index in [0.717, 1.165) is 18.8 Å². The minimum absolute atomic E-state index is 0.851. The van der Waals surface area contributed by atoms with Gasteiger partial charge in [0.25, 0.3) is 0 Å². The van der Waals surface area contributed by atoms with Crippen molar-refractivity contribution in [2.45, 2.75) is 40.8 Å². The average Bonchev–Trinajstić information content (AvgIpc) is 2.62. The molecule has 0 spiro atoms. The molecule has 102 valence electrons. The van der Waals surface area contributed by atoms with E-state index in [-0.39, 0.29) is 0 Å². The Morgan fingerprint density at radius 2 is 1.89 bits per heavy atom. The molecule has 0 aliphatic rings. The summed E-state index contributed by atoms with van der Waals surface area (Å²) in [5.74, 6) is 0. The molecule has 3 heteroatoms. The summed E-state index contributed by atoms with van der Waals surface area (Å²) < 4.78 is 2.11. The minimum atomic E-state index is 0.851. The molecule has 0 radical (unpaired) electrons. The summed E-state index contributed by atoms with van der Waals surface area (Å²) in [6.45, 7) is 10.3. The number of hydrogen-bond acceptors (Lipinski definition) is 2. The van der Waals surface area contributed by atoms with Crippen LogP contribution in [0.15, 0.2) is 18.2 Å². The van der Waals surface area contributed by atoms with Gasteiger partial charge in [0.2, 0.25) is 0 Å². The molecule has 19 heavy (non-hydrogen) atoms. The van der Waals surface area contributed by atoms with Crippen LogP contribution in [0.1, 0.15) is 33.6 Å². The predicted molar refractivity (Wildman–Crippen MR) is 79.5 cm³/mol. The van der Waals surface area contributed by atoms with Gasteiger partial charge >= 0.3 is 0 Å². The first-order valence-electron chi connectivity index (χ1n) is 6.76. The van der Waals surface area contributed by atoms with E-state index in [2.05, 4.69) is 61.0 Å². The molecule has 1 aromatic heterocycles. The molecule has 0 saturated carbocycles. The lowest BCUT2D eigenvalue weighted by Gasteiger charge is -2.09. The van der Waals surface area contributed by atoms with E-state index in [9.17, 15) is 0 Å². The average molecular weight is 257 g/mol. The highest BCUT2D eigenvalue weighted by Crippen LogP contribution is 2.17. The van der Waals surface area contributed by atoms with Gasteiger partial charge in [-0.05, 0) is 45.9 Å². The molecule has 0 aliphatic carbocycles. The second-order valence-corrected chi connectivity index (χ2v) is 5.27. The second-order valence-electron chi connectivity index (χ2n) is 5.27. The fourth-order valence-electron chi connectivity index (χ4n) is 2.45. The smallest absolute Gasteiger partial charge is 0.0665 e. The van der Waals surface area contributed by atoms with E-state index in [4.69, 9.17) is 0 Å². The highest BCUT2D eigenvalue weighted by molar-refractivity contribution is 5.32. The first-order chi connectivity index (χ1) is 9.02. The summed E-state index contributed by atoms with van der Waals surface area (Å²) >= 11 is 0. The number of nitrogens with one attached hydrogen (secondary N) is 1. The van der Waals surface area contributed by atoms with Crippen molar-refractivity contribution in [3.63, 3.8) is 0 Å². The third-order valence-corrected chi connectivity index (χ3v) is 3.71. The van der Waals surface area contributed by atoms with E-state index in [1.165, 1.54) is 27.9 Å². The van der Waals surface area contributed by atoms with Crippen LogP contribution in [0.2, 0.25) is 0 Å². The maximum atomic E-state index is 4.67. The summed E-state index contributed by atoms with van der Waals surface area (Å²) in [5, 5.41) is 7.88. The van der Waals surface area contributed by atoms with Crippen LogP contribution in [0.25, 0.3) is 0 Å². The summed E-state index contributed by atoms with van der Waals surface area (Å²) in [7, 11) is 1.97. The van der Waals surface area contributed by atoms with Crippen molar-refractivity contribution >= 4 is 0 Å². The highest BCUT2D eigenvalue weighted by atomic mass is 15.3. The van der Waals surface area contributed by atoms with E-state index in [1.54, 1.807) is 0 Å².